The summed E-state index contributed by atoms with van der Waals surface area (Å²) >= 11 is 0. The van der Waals surface area contributed by atoms with Gasteiger partial charge >= 0.3 is 6.18 Å². The van der Waals surface area contributed by atoms with Crippen molar-refractivity contribution >= 4 is 5.96 Å². The van der Waals surface area contributed by atoms with Crippen LogP contribution in [0.2, 0.25) is 0 Å². The Labute approximate surface area is 179 Å². The van der Waals surface area contributed by atoms with Crippen molar-refractivity contribution in [2.45, 2.75) is 38.7 Å². The first-order valence-electron chi connectivity index (χ1n) is 10.2. The van der Waals surface area contributed by atoms with Gasteiger partial charge in [0.15, 0.2) is 5.96 Å². The first-order chi connectivity index (χ1) is 14.9. The standard InChI is InChI=1S/C22H27F3N4O2/c1-26-21(29-12-19-8-9-27-20(10-19)31-14-18-6-7-18)28-11-16-2-4-17(5-3-16)13-30-15-22(23,24)25/h2-5,8-10,18H,6-7,11-15H2,1H3,(H2,26,28,29). The van der Waals surface area contributed by atoms with Crippen molar-refractivity contribution in [1.29, 1.82) is 0 Å². The topological polar surface area (TPSA) is 67.8 Å². The molecule has 1 aliphatic carbocycles. The fourth-order valence-corrected chi connectivity index (χ4v) is 2.76. The zero-order chi connectivity index (χ0) is 22.1. The summed E-state index contributed by atoms with van der Waals surface area (Å²) in [5.41, 5.74) is 2.70. The van der Waals surface area contributed by atoms with Gasteiger partial charge in [0.05, 0.1) is 13.2 Å². The molecule has 0 saturated heterocycles. The molecule has 2 N–H and O–H groups in total. The highest BCUT2D eigenvalue weighted by atomic mass is 19.4. The molecule has 1 fully saturated rings. The molecule has 0 radical (unpaired) electrons. The third kappa shape index (κ3) is 8.84. The number of halogens is 3. The van der Waals surface area contributed by atoms with E-state index >= 15 is 0 Å². The Morgan fingerprint density at radius 1 is 1.06 bits per heavy atom. The van der Waals surface area contributed by atoms with E-state index < -0.39 is 12.8 Å². The second-order valence-electron chi connectivity index (χ2n) is 7.46. The van der Waals surface area contributed by atoms with Gasteiger partial charge in [0.1, 0.15) is 6.61 Å². The van der Waals surface area contributed by atoms with Crippen LogP contribution < -0.4 is 15.4 Å². The van der Waals surface area contributed by atoms with E-state index in [1.54, 1.807) is 25.4 Å². The third-order valence-electron chi connectivity index (χ3n) is 4.66. The van der Waals surface area contributed by atoms with Crippen molar-refractivity contribution in [2.75, 3.05) is 20.3 Å². The molecule has 168 valence electrons. The summed E-state index contributed by atoms with van der Waals surface area (Å²) in [5, 5.41) is 6.46. The van der Waals surface area contributed by atoms with Gasteiger partial charge in [-0.1, -0.05) is 24.3 Å². The third-order valence-corrected chi connectivity index (χ3v) is 4.66. The molecule has 9 heteroatoms. The Hall–Kier alpha value is -2.81. The first kappa shape index (κ1) is 22.9. The molecule has 2 aromatic rings. The van der Waals surface area contributed by atoms with Crippen LogP contribution in [0, 0.1) is 5.92 Å². The Morgan fingerprint density at radius 3 is 2.39 bits per heavy atom. The molecule has 0 atom stereocenters. The number of benzene rings is 1. The number of guanidine groups is 1. The Kier molecular flexibility index (Phi) is 8.11. The molecule has 1 heterocycles. The Balaban J connectivity index is 1.40. The van der Waals surface area contributed by atoms with E-state index in [-0.39, 0.29) is 6.61 Å². The minimum atomic E-state index is -4.31. The molecule has 0 aliphatic heterocycles. The summed E-state index contributed by atoms with van der Waals surface area (Å²) in [5.74, 6) is 1.94. The molecule has 0 unspecified atom stereocenters. The van der Waals surface area contributed by atoms with E-state index in [2.05, 4.69) is 25.3 Å². The second-order valence-corrected chi connectivity index (χ2v) is 7.46. The van der Waals surface area contributed by atoms with Gasteiger partial charge < -0.3 is 20.1 Å². The molecule has 0 amide bonds. The van der Waals surface area contributed by atoms with Crippen LogP contribution in [0.1, 0.15) is 29.5 Å². The summed E-state index contributed by atoms with van der Waals surface area (Å²) in [6.07, 6.45) is -0.112. The van der Waals surface area contributed by atoms with Gasteiger partial charge in [-0.15, -0.1) is 0 Å². The molecule has 1 saturated carbocycles. The normalized spacial score (nSPS) is 14.4. The number of pyridine rings is 1. The van der Waals surface area contributed by atoms with E-state index in [1.165, 1.54) is 12.8 Å². The number of ether oxygens (including phenoxy) is 2. The molecule has 0 spiro atoms. The average Bonchev–Trinajstić information content (AvgIpc) is 3.57. The fraction of sp³-hybridized carbons (Fsp3) is 0.455. The minimum Gasteiger partial charge on any atom is -0.477 e. The largest absolute Gasteiger partial charge is 0.477 e. The van der Waals surface area contributed by atoms with Crippen molar-refractivity contribution in [1.82, 2.24) is 15.6 Å². The number of nitrogens with one attached hydrogen (secondary N) is 2. The summed E-state index contributed by atoms with van der Waals surface area (Å²) in [6, 6.07) is 11.0. The molecular formula is C22H27F3N4O2. The highest BCUT2D eigenvalue weighted by molar-refractivity contribution is 5.79. The smallest absolute Gasteiger partial charge is 0.411 e. The van der Waals surface area contributed by atoms with Crippen molar-refractivity contribution in [2.24, 2.45) is 10.9 Å². The summed E-state index contributed by atoms with van der Waals surface area (Å²) in [4.78, 5) is 8.45. The van der Waals surface area contributed by atoms with Crippen LogP contribution in [0.3, 0.4) is 0 Å². The van der Waals surface area contributed by atoms with Gasteiger partial charge in [-0.25, -0.2) is 4.98 Å². The van der Waals surface area contributed by atoms with E-state index in [9.17, 15) is 13.2 Å². The number of aromatic nitrogens is 1. The number of aliphatic imine (C=N–C) groups is 1. The van der Waals surface area contributed by atoms with E-state index in [0.717, 1.165) is 17.7 Å². The second kappa shape index (κ2) is 11.0. The number of hydrogen-bond acceptors (Lipinski definition) is 4. The van der Waals surface area contributed by atoms with Gasteiger partial charge in [-0.05, 0) is 41.5 Å². The van der Waals surface area contributed by atoms with E-state index in [4.69, 9.17) is 4.74 Å². The van der Waals surface area contributed by atoms with E-state index in [1.807, 2.05) is 24.3 Å². The molecule has 6 nitrogen and oxygen atoms in total. The lowest BCUT2D eigenvalue weighted by atomic mass is 10.1. The van der Waals surface area contributed by atoms with Crippen LogP contribution in [-0.4, -0.2) is 37.4 Å². The number of nitrogens with zero attached hydrogens (tertiary/aromatic N) is 2. The lowest BCUT2D eigenvalue weighted by Crippen LogP contribution is -2.36. The van der Waals surface area contributed by atoms with Gasteiger partial charge in [0, 0.05) is 32.4 Å². The van der Waals surface area contributed by atoms with Crippen molar-refractivity contribution in [3.8, 4) is 5.88 Å². The highest BCUT2D eigenvalue weighted by Gasteiger charge is 2.27. The minimum absolute atomic E-state index is 0.0747. The molecule has 1 aromatic heterocycles. The SMILES string of the molecule is CN=C(NCc1ccc(COCC(F)(F)F)cc1)NCc1ccnc(OCC2CC2)c1. The summed E-state index contributed by atoms with van der Waals surface area (Å²) < 4.78 is 46.8. The molecule has 1 aromatic carbocycles. The van der Waals surface area contributed by atoms with Crippen molar-refractivity contribution < 1.29 is 22.6 Å². The van der Waals surface area contributed by atoms with Crippen molar-refractivity contribution in [3.63, 3.8) is 0 Å². The number of alkyl halides is 3. The average molecular weight is 436 g/mol. The zero-order valence-corrected chi connectivity index (χ0v) is 17.4. The Bertz CT molecular complexity index is 853. The van der Waals surface area contributed by atoms with Crippen LogP contribution in [0.5, 0.6) is 5.88 Å². The van der Waals surface area contributed by atoms with Crippen LogP contribution in [0.25, 0.3) is 0 Å². The molecule has 31 heavy (non-hydrogen) atoms. The van der Waals surface area contributed by atoms with E-state index in [0.29, 0.717) is 36.4 Å². The fourth-order valence-electron chi connectivity index (χ4n) is 2.76. The summed E-state index contributed by atoms with van der Waals surface area (Å²) in [7, 11) is 1.69. The van der Waals surface area contributed by atoms with Crippen LogP contribution in [-0.2, 0) is 24.4 Å². The number of hydrogen-bond donors (Lipinski definition) is 2. The molecular weight excluding hydrogens is 409 g/mol. The monoisotopic (exact) mass is 436 g/mol. The van der Waals surface area contributed by atoms with Gasteiger partial charge in [0.25, 0.3) is 0 Å². The lowest BCUT2D eigenvalue weighted by Gasteiger charge is -2.13. The van der Waals surface area contributed by atoms with Crippen LogP contribution in [0.4, 0.5) is 13.2 Å². The predicted molar refractivity (Wildman–Crippen MR) is 112 cm³/mol. The predicted octanol–water partition coefficient (Wildman–Crippen LogP) is 3.81. The Morgan fingerprint density at radius 2 is 1.74 bits per heavy atom. The molecule has 3 rings (SSSR count). The van der Waals surface area contributed by atoms with Crippen LogP contribution in [0.15, 0.2) is 47.6 Å². The zero-order valence-electron chi connectivity index (χ0n) is 17.4. The van der Waals surface area contributed by atoms with Gasteiger partial charge in [-0.3, -0.25) is 4.99 Å². The van der Waals surface area contributed by atoms with Gasteiger partial charge in [-0.2, -0.15) is 13.2 Å². The first-order valence-corrected chi connectivity index (χ1v) is 10.2. The highest BCUT2D eigenvalue weighted by Crippen LogP contribution is 2.29. The maximum Gasteiger partial charge on any atom is 0.411 e. The molecule has 1 aliphatic rings. The van der Waals surface area contributed by atoms with Gasteiger partial charge in [0.2, 0.25) is 5.88 Å². The van der Waals surface area contributed by atoms with Crippen LogP contribution >= 0.6 is 0 Å². The maximum atomic E-state index is 12.1. The maximum absolute atomic E-state index is 12.1. The number of rotatable bonds is 10. The quantitative estimate of drug-likeness (QED) is 0.438. The summed E-state index contributed by atoms with van der Waals surface area (Å²) in [6.45, 7) is 0.492. The molecule has 0 bridgehead atoms. The lowest BCUT2D eigenvalue weighted by molar-refractivity contribution is -0.176. The van der Waals surface area contributed by atoms with Crippen molar-refractivity contribution in [3.05, 3.63) is 59.3 Å².